The van der Waals surface area contributed by atoms with E-state index in [9.17, 15) is 4.79 Å². The molecule has 0 spiro atoms. The summed E-state index contributed by atoms with van der Waals surface area (Å²) in [6.45, 7) is 7.89. The molecule has 1 N–H and O–H groups in total. The van der Waals surface area contributed by atoms with Crippen LogP contribution >= 0.6 is 0 Å². The molecule has 0 radical (unpaired) electrons. The smallest absolute Gasteiger partial charge is 0.150 e. The summed E-state index contributed by atoms with van der Waals surface area (Å²) in [5.74, 6) is 1.21. The van der Waals surface area contributed by atoms with Crippen molar-refractivity contribution in [2.75, 3.05) is 25.5 Å². The van der Waals surface area contributed by atoms with Crippen LogP contribution in [0.25, 0.3) is 11.3 Å². The molecule has 0 saturated carbocycles. The molecule has 0 amide bonds. The number of hydrogen-bond donors (Lipinski definition) is 1. The van der Waals surface area contributed by atoms with Crippen LogP contribution < -0.4 is 5.32 Å². The van der Waals surface area contributed by atoms with Crippen molar-refractivity contribution in [1.82, 2.24) is 19.8 Å². The molecular weight excluding hydrogens is 458 g/mol. The lowest BCUT2D eigenvalue weighted by molar-refractivity contribution is -0.123. The predicted molar refractivity (Wildman–Crippen MR) is 149 cm³/mol. The van der Waals surface area contributed by atoms with Gasteiger partial charge in [0.25, 0.3) is 0 Å². The fourth-order valence-electron chi connectivity index (χ4n) is 5.68. The van der Waals surface area contributed by atoms with Crippen LogP contribution in [-0.2, 0) is 24.3 Å². The Kier molecular flexibility index (Phi) is 7.96. The van der Waals surface area contributed by atoms with E-state index in [2.05, 4.69) is 83.5 Å². The van der Waals surface area contributed by atoms with Gasteiger partial charge in [-0.25, -0.2) is 9.97 Å². The Bertz CT molecular complexity index is 1220. The third-order valence-electron chi connectivity index (χ3n) is 7.36. The Balaban J connectivity index is 1.49. The van der Waals surface area contributed by atoms with Gasteiger partial charge >= 0.3 is 0 Å². The van der Waals surface area contributed by atoms with Crippen molar-refractivity contribution in [2.45, 2.75) is 71.1 Å². The lowest BCUT2D eigenvalue weighted by atomic mass is 10.0. The highest BCUT2D eigenvalue weighted by atomic mass is 16.1. The summed E-state index contributed by atoms with van der Waals surface area (Å²) in [7, 11) is 2.14. The number of aromatic nitrogens is 2. The summed E-state index contributed by atoms with van der Waals surface area (Å²) >= 11 is 0. The minimum Gasteiger partial charge on any atom is -0.383 e. The normalized spacial score (nSPS) is 19.7. The number of benzene rings is 2. The molecule has 1 saturated heterocycles. The monoisotopic (exact) mass is 497 g/mol. The highest BCUT2D eigenvalue weighted by Crippen LogP contribution is 2.26. The molecule has 0 aliphatic carbocycles. The average molecular weight is 498 g/mol. The number of anilines is 1. The molecule has 6 heteroatoms. The zero-order valence-corrected chi connectivity index (χ0v) is 22.4. The van der Waals surface area contributed by atoms with Gasteiger partial charge in [-0.15, -0.1) is 0 Å². The Labute approximate surface area is 221 Å². The molecule has 3 aliphatic heterocycles. The van der Waals surface area contributed by atoms with Crippen LogP contribution in [0.2, 0.25) is 0 Å². The fourth-order valence-corrected chi connectivity index (χ4v) is 5.68. The zero-order valence-electron chi connectivity index (χ0n) is 22.4. The van der Waals surface area contributed by atoms with E-state index < -0.39 is 0 Å². The highest BCUT2D eigenvalue weighted by Gasteiger charge is 2.30. The van der Waals surface area contributed by atoms with Gasteiger partial charge in [0.2, 0.25) is 0 Å². The van der Waals surface area contributed by atoms with Crippen molar-refractivity contribution in [3.63, 3.8) is 0 Å². The first-order valence-corrected chi connectivity index (χ1v) is 13.7. The van der Waals surface area contributed by atoms with E-state index in [4.69, 9.17) is 4.98 Å². The van der Waals surface area contributed by atoms with Crippen LogP contribution in [0.1, 0.15) is 62.0 Å². The third kappa shape index (κ3) is 6.62. The molecule has 1 fully saturated rings. The van der Waals surface area contributed by atoms with E-state index in [0.29, 0.717) is 24.7 Å². The molecule has 1 atom stereocenters. The Morgan fingerprint density at radius 2 is 1.76 bits per heavy atom. The Morgan fingerprint density at radius 1 is 0.946 bits per heavy atom. The minimum atomic E-state index is 0.0358. The first-order chi connectivity index (χ1) is 17.9. The SMILES string of the molecule is CC(C)Nc1cc2cc(c1)CN1CCC[C@@H]1C(=O)CCCN(C)Cc1ccc(cc1)-c1ccnc(n1)C2. The van der Waals surface area contributed by atoms with Crippen LogP contribution in [0.15, 0.2) is 54.7 Å². The summed E-state index contributed by atoms with van der Waals surface area (Å²) in [6.07, 6.45) is 6.14. The topological polar surface area (TPSA) is 61.4 Å². The second kappa shape index (κ2) is 11.5. The van der Waals surface area contributed by atoms with Crippen LogP contribution in [-0.4, -0.2) is 57.8 Å². The summed E-state index contributed by atoms with van der Waals surface area (Å²) in [5, 5.41) is 3.58. The van der Waals surface area contributed by atoms with Gasteiger partial charge in [-0.05, 0) is 88.1 Å². The summed E-state index contributed by atoms with van der Waals surface area (Å²) in [4.78, 5) is 27.4. The lowest BCUT2D eigenvalue weighted by Gasteiger charge is -2.25. The van der Waals surface area contributed by atoms with E-state index in [1.54, 1.807) is 0 Å². The molecule has 6 bridgehead atoms. The van der Waals surface area contributed by atoms with Gasteiger partial charge in [0, 0.05) is 49.4 Å². The third-order valence-corrected chi connectivity index (χ3v) is 7.36. The van der Waals surface area contributed by atoms with Crippen LogP contribution in [0, 0.1) is 0 Å². The first kappa shape index (κ1) is 25.6. The first-order valence-electron chi connectivity index (χ1n) is 13.7. The molecule has 3 aromatic rings. The van der Waals surface area contributed by atoms with Gasteiger partial charge in [0.15, 0.2) is 0 Å². The maximum atomic E-state index is 13.2. The number of ketones is 1. The van der Waals surface area contributed by atoms with E-state index in [0.717, 1.165) is 68.2 Å². The Hall–Kier alpha value is -3.09. The molecule has 37 heavy (non-hydrogen) atoms. The second-order valence-corrected chi connectivity index (χ2v) is 11.0. The molecule has 3 aliphatic rings. The number of carbonyl (C=O) groups is 1. The van der Waals surface area contributed by atoms with E-state index in [-0.39, 0.29) is 6.04 Å². The number of Topliss-reactive ketones (excluding diaryl/α,β-unsaturated/α-hetero) is 1. The average Bonchev–Trinajstić information content (AvgIpc) is 3.32. The maximum Gasteiger partial charge on any atom is 0.150 e. The minimum absolute atomic E-state index is 0.0358. The van der Waals surface area contributed by atoms with Crippen LogP contribution in [0.4, 0.5) is 5.69 Å². The summed E-state index contributed by atoms with van der Waals surface area (Å²) < 4.78 is 0. The van der Waals surface area contributed by atoms with Crippen molar-refractivity contribution in [3.8, 4) is 11.3 Å². The molecule has 6 nitrogen and oxygen atoms in total. The van der Waals surface area contributed by atoms with Gasteiger partial charge < -0.3 is 10.2 Å². The van der Waals surface area contributed by atoms with Gasteiger partial charge in [0.05, 0.1) is 11.7 Å². The maximum absolute atomic E-state index is 13.2. The number of nitrogens with one attached hydrogen (secondary N) is 1. The number of fused-ring (bicyclic) bond motifs is 7. The van der Waals surface area contributed by atoms with Crippen molar-refractivity contribution in [3.05, 3.63) is 77.2 Å². The largest absolute Gasteiger partial charge is 0.383 e. The molecule has 1 aromatic heterocycles. The quantitative estimate of drug-likeness (QED) is 0.518. The number of nitrogens with zero attached hydrogens (tertiary/aromatic N) is 4. The van der Waals surface area contributed by atoms with Crippen molar-refractivity contribution in [1.29, 1.82) is 0 Å². The van der Waals surface area contributed by atoms with Gasteiger partial charge in [-0.1, -0.05) is 30.3 Å². The van der Waals surface area contributed by atoms with Crippen LogP contribution in [0.5, 0.6) is 0 Å². The zero-order chi connectivity index (χ0) is 25.8. The van der Waals surface area contributed by atoms with Gasteiger partial charge in [-0.3, -0.25) is 9.69 Å². The molecular formula is C31H39N5O. The van der Waals surface area contributed by atoms with E-state index in [1.165, 1.54) is 16.7 Å². The van der Waals surface area contributed by atoms with Crippen molar-refractivity contribution >= 4 is 11.5 Å². The van der Waals surface area contributed by atoms with E-state index in [1.807, 2.05) is 12.3 Å². The Morgan fingerprint density at radius 3 is 2.57 bits per heavy atom. The number of carbonyl (C=O) groups excluding carboxylic acids is 1. The van der Waals surface area contributed by atoms with Crippen molar-refractivity contribution < 1.29 is 4.79 Å². The number of rotatable bonds is 2. The molecule has 4 heterocycles. The summed E-state index contributed by atoms with van der Waals surface area (Å²) in [5.41, 5.74) is 6.86. The number of hydrogen-bond acceptors (Lipinski definition) is 6. The highest BCUT2D eigenvalue weighted by molar-refractivity contribution is 5.84. The molecule has 0 unspecified atom stereocenters. The second-order valence-electron chi connectivity index (χ2n) is 11.0. The molecule has 6 rings (SSSR count). The predicted octanol–water partition coefficient (Wildman–Crippen LogP) is 5.31. The summed E-state index contributed by atoms with van der Waals surface area (Å²) in [6, 6.07) is 17.7. The lowest BCUT2D eigenvalue weighted by Crippen LogP contribution is -2.36. The van der Waals surface area contributed by atoms with Crippen molar-refractivity contribution in [2.24, 2.45) is 0 Å². The van der Waals surface area contributed by atoms with Crippen LogP contribution in [0.3, 0.4) is 0 Å². The van der Waals surface area contributed by atoms with E-state index >= 15 is 0 Å². The standard InChI is InChI=1S/C31H39N5O/c1-22(2)33-27-17-24-16-25(18-27)21-36-15-4-6-29(36)30(37)7-5-14-35(3)20-23-8-10-26(11-9-23)28-12-13-32-31(19-24)34-28/h8-13,16-18,22,29,33H,4-7,14-15,19-21H2,1-3H3/t29-/m1/s1. The fraction of sp³-hybridized carbons (Fsp3) is 0.452. The molecule has 194 valence electrons. The van der Waals surface area contributed by atoms with Gasteiger partial charge in [0.1, 0.15) is 11.6 Å². The molecule has 2 aromatic carbocycles. The van der Waals surface area contributed by atoms with Gasteiger partial charge in [-0.2, -0.15) is 0 Å².